The Labute approximate surface area is 127 Å². The quantitative estimate of drug-likeness (QED) is 0.824. The van der Waals surface area contributed by atoms with Crippen molar-refractivity contribution >= 4 is 23.5 Å². The summed E-state index contributed by atoms with van der Waals surface area (Å²) in [5.74, 6) is -1.29. The summed E-state index contributed by atoms with van der Waals surface area (Å²) in [6.45, 7) is -0.229. The van der Waals surface area contributed by atoms with E-state index in [1.54, 1.807) is 0 Å². The number of fused-ring (bicyclic) bond motifs is 1. The molecule has 1 heterocycles. The maximum atomic E-state index is 12.0. The summed E-state index contributed by atoms with van der Waals surface area (Å²) in [7, 11) is 0. The molecule has 1 aromatic heterocycles. The van der Waals surface area contributed by atoms with Crippen LogP contribution in [0.25, 0.3) is 0 Å². The number of carbonyl (C=O) groups is 2. The number of hydrogen-bond acceptors (Lipinski definition) is 4. The van der Waals surface area contributed by atoms with Crippen LogP contribution in [-0.4, -0.2) is 34.5 Å². The zero-order chi connectivity index (χ0) is 16.3. The number of ketones is 1. The van der Waals surface area contributed by atoms with Crippen molar-refractivity contribution < 1.29 is 22.8 Å². The molecule has 22 heavy (non-hydrogen) atoms. The average molecular weight is 334 g/mol. The molecule has 2 rings (SSSR count). The summed E-state index contributed by atoms with van der Waals surface area (Å²) in [6, 6.07) is 1.22. The third-order valence-corrected chi connectivity index (χ3v) is 3.89. The first-order chi connectivity index (χ1) is 10.3. The monoisotopic (exact) mass is 334 g/mol. The lowest BCUT2D eigenvalue weighted by atomic mass is 9.93. The minimum atomic E-state index is -4.36. The number of aromatic nitrogens is 1. The van der Waals surface area contributed by atoms with Gasteiger partial charge in [-0.1, -0.05) is 0 Å². The van der Waals surface area contributed by atoms with Gasteiger partial charge < -0.3 is 10.3 Å². The number of alkyl halides is 3. The Morgan fingerprint density at radius 3 is 2.73 bits per heavy atom. The number of hydrogen-bond donors (Lipinski definition) is 2. The van der Waals surface area contributed by atoms with Gasteiger partial charge in [-0.3, -0.25) is 14.4 Å². The van der Waals surface area contributed by atoms with E-state index in [9.17, 15) is 27.6 Å². The fourth-order valence-corrected chi connectivity index (χ4v) is 2.61. The molecule has 0 bridgehead atoms. The molecule has 0 fully saturated rings. The molecule has 1 amide bonds. The van der Waals surface area contributed by atoms with Crippen LogP contribution in [0.15, 0.2) is 10.9 Å². The molecular formula is C13H13F3N2O3S. The van der Waals surface area contributed by atoms with Gasteiger partial charge in [0.15, 0.2) is 5.78 Å². The fraction of sp³-hybridized carbons (Fsp3) is 0.462. The minimum absolute atomic E-state index is 0.154. The van der Waals surface area contributed by atoms with Gasteiger partial charge in [-0.15, -0.1) is 0 Å². The van der Waals surface area contributed by atoms with E-state index in [1.807, 2.05) is 0 Å². The van der Waals surface area contributed by atoms with Gasteiger partial charge >= 0.3 is 5.51 Å². The second-order valence-corrected chi connectivity index (χ2v) is 5.89. The van der Waals surface area contributed by atoms with Gasteiger partial charge in [-0.05, 0) is 30.7 Å². The summed E-state index contributed by atoms with van der Waals surface area (Å²) >= 11 is -0.257. The molecule has 1 aromatic rings. The first-order valence-electron chi connectivity index (χ1n) is 6.56. The van der Waals surface area contributed by atoms with Crippen molar-refractivity contribution in [1.29, 1.82) is 0 Å². The zero-order valence-corrected chi connectivity index (χ0v) is 12.2. The van der Waals surface area contributed by atoms with Crippen molar-refractivity contribution in [1.82, 2.24) is 10.3 Å². The molecule has 1 aliphatic carbocycles. The first-order valence-corrected chi connectivity index (χ1v) is 7.55. The molecule has 9 heteroatoms. The molecule has 0 aliphatic heterocycles. The maximum Gasteiger partial charge on any atom is 0.441 e. The van der Waals surface area contributed by atoms with E-state index in [4.69, 9.17) is 0 Å². The normalized spacial score (nSPS) is 14.6. The number of Topliss-reactive ketones (excluding diaryl/α,β-unsaturated/α-hetero) is 1. The SMILES string of the molecule is O=C1CCCc2[nH]c(=O)c(C(=O)NCCSC(F)(F)F)cc21. The number of H-pyrrole nitrogens is 1. The molecule has 0 radical (unpaired) electrons. The summed E-state index contributed by atoms with van der Waals surface area (Å²) in [5.41, 5.74) is -4.45. The number of pyridine rings is 1. The van der Waals surface area contributed by atoms with E-state index in [1.165, 1.54) is 6.07 Å². The highest BCUT2D eigenvalue weighted by Gasteiger charge is 2.27. The van der Waals surface area contributed by atoms with E-state index in [2.05, 4.69) is 10.3 Å². The summed E-state index contributed by atoms with van der Waals surface area (Å²) in [5, 5.41) is 2.24. The van der Waals surface area contributed by atoms with Crippen LogP contribution in [0.4, 0.5) is 13.2 Å². The van der Waals surface area contributed by atoms with Gasteiger partial charge in [0.1, 0.15) is 5.56 Å². The van der Waals surface area contributed by atoms with Crippen molar-refractivity contribution in [3.63, 3.8) is 0 Å². The van der Waals surface area contributed by atoms with Crippen molar-refractivity contribution in [2.45, 2.75) is 24.8 Å². The van der Waals surface area contributed by atoms with E-state index >= 15 is 0 Å². The molecule has 0 unspecified atom stereocenters. The number of rotatable bonds is 4. The number of aromatic amines is 1. The van der Waals surface area contributed by atoms with Crippen LogP contribution in [-0.2, 0) is 6.42 Å². The highest BCUT2D eigenvalue weighted by Crippen LogP contribution is 2.29. The van der Waals surface area contributed by atoms with Crippen molar-refractivity contribution in [2.75, 3.05) is 12.3 Å². The van der Waals surface area contributed by atoms with Gasteiger partial charge in [0.2, 0.25) is 0 Å². The smallest absolute Gasteiger partial charge is 0.351 e. The van der Waals surface area contributed by atoms with Gasteiger partial charge in [0, 0.05) is 30.0 Å². The first kappa shape index (κ1) is 16.6. The fourth-order valence-electron chi connectivity index (χ4n) is 2.17. The Hall–Kier alpha value is -1.77. The number of thioether (sulfide) groups is 1. The van der Waals surface area contributed by atoms with Crippen LogP contribution in [0, 0.1) is 0 Å². The number of nitrogens with one attached hydrogen (secondary N) is 2. The topological polar surface area (TPSA) is 79.0 Å². The lowest BCUT2D eigenvalue weighted by Crippen LogP contribution is -2.33. The Balaban J connectivity index is 2.05. The number of amides is 1. The Kier molecular flexibility index (Phi) is 4.94. The Morgan fingerprint density at radius 2 is 2.05 bits per heavy atom. The van der Waals surface area contributed by atoms with Gasteiger partial charge in [0.25, 0.3) is 11.5 Å². The van der Waals surface area contributed by atoms with Gasteiger partial charge in [-0.2, -0.15) is 13.2 Å². The Bertz CT molecular complexity index is 655. The van der Waals surface area contributed by atoms with Crippen molar-refractivity contribution in [3.05, 3.63) is 33.2 Å². The second-order valence-electron chi connectivity index (χ2n) is 4.73. The summed E-state index contributed by atoms with van der Waals surface area (Å²) in [4.78, 5) is 37.9. The number of carbonyl (C=O) groups excluding carboxylic acids is 2. The lowest BCUT2D eigenvalue weighted by Gasteiger charge is -2.15. The van der Waals surface area contributed by atoms with Gasteiger partial charge in [0.05, 0.1) is 0 Å². The molecule has 0 atom stereocenters. The van der Waals surface area contributed by atoms with Crippen LogP contribution in [0.3, 0.4) is 0 Å². The van der Waals surface area contributed by atoms with Crippen molar-refractivity contribution in [3.8, 4) is 0 Å². The predicted octanol–water partition coefficient (Wildman–Crippen LogP) is 1.88. The van der Waals surface area contributed by atoms with Crippen LogP contribution in [0.5, 0.6) is 0 Å². The lowest BCUT2D eigenvalue weighted by molar-refractivity contribution is -0.0327. The standard InChI is InChI=1S/C13H13F3N2O3S/c14-13(15,16)22-5-4-17-11(20)8-6-7-9(18-12(8)21)2-1-3-10(7)19/h6H,1-5H2,(H,17,20)(H,18,21). The summed E-state index contributed by atoms with van der Waals surface area (Å²) < 4.78 is 35.9. The highest BCUT2D eigenvalue weighted by atomic mass is 32.2. The molecule has 120 valence electrons. The van der Waals surface area contributed by atoms with E-state index in [0.29, 0.717) is 30.5 Å². The number of halogens is 3. The number of aryl methyl sites for hydroxylation is 1. The summed E-state index contributed by atoms with van der Waals surface area (Å²) in [6.07, 6.45) is 1.55. The molecule has 0 aromatic carbocycles. The molecule has 5 nitrogen and oxygen atoms in total. The minimum Gasteiger partial charge on any atom is -0.351 e. The van der Waals surface area contributed by atoms with Crippen LogP contribution >= 0.6 is 11.8 Å². The molecule has 1 aliphatic rings. The third kappa shape index (κ3) is 4.12. The van der Waals surface area contributed by atoms with E-state index < -0.39 is 17.0 Å². The molecule has 0 spiro atoms. The van der Waals surface area contributed by atoms with Crippen molar-refractivity contribution in [2.24, 2.45) is 0 Å². The highest BCUT2D eigenvalue weighted by molar-refractivity contribution is 8.00. The molecule has 0 saturated heterocycles. The van der Waals surface area contributed by atoms with Crippen LogP contribution in [0.2, 0.25) is 0 Å². The maximum absolute atomic E-state index is 12.0. The average Bonchev–Trinajstić information content (AvgIpc) is 2.42. The second kappa shape index (κ2) is 6.55. The van der Waals surface area contributed by atoms with Crippen LogP contribution < -0.4 is 10.9 Å². The van der Waals surface area contributed by atoms with E-state index in [-0.39, 0.29) is 35.4 Å². The van der Waals surface area contributed by atoms with Crippen LogP contribution in [0.1, 0.15) is 39.3 Å². The largest absolute Gasteiger partial charge is 0.441 e. The zero-order valence-electron chi connectivity index (χ0n) is 11.4. The molecule has 0 saturated carbocycles. The third-order valence-electron chi connectivity index (χ3n) is 3.15. The molecule has 2 N–H and O–H groups in total. The molecular weight excluding hydrogens is 321 g/mol. The Morgan fingerprint density at radius 1 is 1.32 bits per heavy atom. The predicted molar refractivity (Wildman–Crippen MR) is 75.2 cm³/mol. The van der Waals surface area contributed by atoms with Gasteiger partial charge in [-0.25, -0.2) is 0 Å². The van der Waals surface area contributed by atoms with E-state index in [0.717, 1.165) is 0 Å².